The van der Waals surface area contributed by atoms with Gasteiger partial charge in [-0.2, -0.15) is 0 Å². The predicted octanol–water partition coefficient (Wildman–Crippen LogP) is 6.02. The van der Waals surface area contributed by atoms with Crippen molar-refractivity contribution in [2.75, 3.05) is 0 Å². The van der Waals surface area contributed by atoms with E-state index in [9.17, 15) is 0 Å². The van der Waals surface area contributed by atoms with Gasteiger partial charge in [-0.15, -0.1) is 0 Å². The molecule has 0 heteroatoms. The highest BCUT2D eigenvalue weighted by Crippen LogP contribution is 2.21. The molecule has 0 aliphatic carbocycles. The van der Waals surface area contributed by atoms with Gasteiger partial charge in [-0.05, 0) is 60.2 Å². The third kappa shape index (κ3) is 3.12. The van der Waals surface area contributed by atoms with Crippen molar-refractivity contribution >= 4 is 16.8 Å². The van der Waals surface area contributed by atoms with Gasteiger partial charge in [0.2, 0.25) is 0 Å². The minimum absolute atomic E-state index is 0.966. The number of benzene rings is 3. The van der Waals surface area contributed by atoms with Crippen molar-refractivity contribution in [3.63, 3.8) is 0 Å². The van der Waals surface area contributed by atoms with Crippen molar-refractivity contribution in [2.45, 2.75) is 27.2 Å². The van der Waals surface area contributed by atoms with Crippen LogP contribution in [0.25, 0.3) is 16.8 Å². The van der Waals surface area contributed by atoms with E-state index < -0.39 is 0 Å². The highest BCUT2D eigenvalue weighted by molar-refractivity contribution is 5.86. The van der Waals surface area contributed by atoms with Gasteiger partial charge in [-0.25, -0.2) is 0 Å². The molecule has 0 heterocycles. The number of allylic oxidation sites excluding steroid dienone is 1. The molecule has 0 aliphatic heterocycles. The van der Waals surface area contributed by atoms with Gasteiger partial charge in [0.1, 0.15) is 0 Å². The van der Waals surface area contributed by atoms with Crippen LogP contribution in [0.5, 0.6) is 0 Å². The van der Waals surface area contributed by atoms with Crippen LogP contribution in [0, 0.1) is 20.8 Å². The first-order valence-corrected chi connectivity index (χ1v) is 7.85. The number of hydrogen-bond donors (Lipinski definition) is 0. The van der Waals surface area contributed by atoms with Gasteiger partial charge in [-0.3, -0.25) is 0 Å². The molecule has 22 heavy (non-hydrogen) atoms. The van der Waals surface area contributed by atoms with Crippen LogP contribution in [-0.2, 0) is 6.42 Å². The molecule has 0 amide bonds. The lowest BCUT2D eigenvalue weighted by Gasteiger charge is -2.05. The molecule has 110 valence electrons. The SMILES string of the molecule is Cc1ccc2c(C/C=C/c3ccc(C)c(C)c3)cccc2c1. The molecule has 3 aromatic rings. The molecule has 0 nitrogen and oxygen atoms in total. The minimum Gasteiger partial charge on any atom is -0.0795 e. The normalized spacial score (nSPS) is 11.4. The average Bonchev–Trinajstić information content (AvgIpc) is 2.50. The summed E-state index contributed by atoms with van der Waals surface area (Å²) in [4.78, 5) is 0. The van der Waals surface area contributed by atoms with Crippen molar-refractivity contribution in [2.24, 2.45) is 0 Å². The zero-order valence-corrected chi connectivity index (χ0v) is 13.6. The molecule has 0 unspecified atom stereocenters. The van der Waals surface area contributed by atoms with E-state index in [0.717, 1.165) is 6.42 Å². The summed E-state index contributed by atoms with van der Waals surface area (Å²) in [5.74, 6) is 0. The summed E-state index contributed by atoms with van der Waals surface area (Å²) in [6.45, 7) is 6.46. The third-order valence-corrected chi connectivity index (χ3v) is 4.31. The minimum atomic E-state index is 0.966. The molecule has 3 rings (SSSR count). The fourth-order valence-corrected chi connectivity index (χ4v) is 2.84. The summed E-state index contributed by atoms with van der Waals surface area (Å²) in [5.41, 5.74) is 6.68. The average molecular weight is 286 g/mol. The third-order valence-electron chi connectivity index (χ3n) is 4.31. The van der Waals surface area contributed by atoms with Gasteiger partial charge in [0.15, 0.2) is 0 Å². The van der Waals surface area contributed by atoms with Crippen molar-refractivity contribution in [1.82, 2.24) is 0 Å². The highest BCUT2D eigenvalue weighted by atomic mass is 14.0. The lowest BCUT2D eigenvalue weighted by Crippen LogP contribution is -1.86. The fourth-order valence-electron chi connectivity index (χ4n) is 2.84. The summed E-state index contributed by atoms with van der Waals surface area (Å²) in [5, 5.41) is 2.69. The summed E-state index contributed by atoms with van der Waals surface area (Å²) in [6.07, 6.45) is 5.45. The molecule has 0 bridgehead atoms. The van der Waals surface area contributed by atoms with E-state index in [1.165, 1.54) is 38.6 Å². The summed E-state index contributed by atoms with van der Waals surface area (Å²) < 4.78 is 0. The van der Waals surface area contributed by atoms with Crippen LogP contribution < -0.4 is 0 Å². The van der Waals surface area contributed by atoms with Crippen molar-refractivity contribution in [1.29, 1.82) is 0 Å². The van der Waals surface area contributed by atoms with Gasteiger partial charge < -0.3 is 0 Å². The highest BCUT2D eigenvalue weighted by Gasteiger charge is 1.99. The lowest BCUT2D eigenvalue weighted by molar-refractivity contribution is 1.30. The Morgan fingerprint density at radius 3 is 2.50 bits per heavy atom. The van der Waals surface area contributed by atoms with E-state index in [1.54, 1.807) is 0 Å². The molecule has 0 aromatic heterocycles. The largest absolute Gasteiger partial charge is 0.0795 e. The van der Waals surface area contributed by atoms with Crippen LogP contribution in [0.1, 0.15) is 27.8 Å². The van der Waals surface area contributed by atoms with Gasteiger partial charge in [0, 0.05) is 0 Å². The molecule has 0 spiro atoms. The second-order valence-electron chi connectivity index (χ2n) is 6.09. The monoisotopic (exact) mass is 286 g/mol. The molecule has 0 saturated carbocycles. The van der Waals surface area contributed by atoms with Crippen molar-refractivity contribution in [3.8, 4) is 0 Å². The molecule has 0 atom stereocenters. The first-order chi connectivity index (χ1) is 10.6. The van der Waals surface area contributed by atoms with Crippen molar-refractivity contribution < 1.29 is 0 Å². The Balaban J connectivity index is 1.84. The second kappa shape index (κ2) is 6.19. The zero-order chi connectivity index (χ0) is 15.5. The van der Waals surface area contributed by atoms with Crippen molar-refractivity contribution in [3.05, 3.63) is 88.5 Å². The lowest BCUT2D eigenvalue weighted by atomic mass is 10.00. The first kappa shape index (κ1) is 14.6. The van der Waals surface area contributed by atoms with Crippen LogP contribution >= 0.6 is 0 Å². The Bertz CT molecular complexity index is 838. The second-order valence-corrected chi connectivity index (χ2v) is 6.09. The molecule has 0 fully saturated rings. The van der Waals surface area contributed by atoms with E-state index >= 15 is 0 Å². The van der Waals surface area contributed by atoms with Gasteiger partial charge in [-0.1, -0.05) is 72.3 Å². The van der Waals surface area contributed by atoms with Gasteiger partial charge in [0.25, 0.3) is 0 Å². The topological polar surface area (TPSA) is 0 Å². The molecular weight excluding hydrogens is 264 g/mol. The molecule has 0 aliphatic rings. The van der Waals surface area contributed by atoms with E-state index in [1.807, 2.05) is 0 Å². The Hall–Kier alpha value is -2.34. The summed E-state index contributed by atoms with van der Waals surface area (Å²) in [6, 6.07) is 19.9. The Labute approximate surface area is 133 Å². The van der Waals surface area contributed by atoms with E-state index in [-0.39, 0.29) is 0 Å². The Morgan fingerprint density at radius 1 is 0.818 bits per heavy atom. The van der Waals surface area contributed by atoms with Crippen LogP contribution in [-0.4, -0.2) is 0 Å². The first-order valence-electron chi connectivity index (χ1n) is 7.85. The molecule has 0 N–H and O–H groups in total. The van der Waals surface area contributed by atoms with Crippen LogP contribution in [0.15, 0.2) is 60.7 Å². The number of hydrogen-bond acceptors (Lipinski definition) is 0. The standard InChI is InChI=1S/C22H22/c1-16-10-13-22-20(8-5-9-21(22)14-16)7-4-6-19-12-11-17(2)18(3)15-19/h4-6,8-15H,7H2,1-3H3/b6-4+. The molecule has 0 radical (unpaired) electrons. The number of aryl methyl sites for hydroxylation is 3. The molecule has 0 saturated heterocycles. The van der Waals surface area contributed by atoms with E-state index in [2.05, 4.69) is 87.5 Å². The van der Waals surface area contributed by atoms with Gasteiger partial charge in [0.05, 0.1) is 0 Å². The quantitative estimate of drug-likeness (QED) is 0.552. The van der Waals surface area contributed by atoms with E-state index in [0.29, 0.717) is 0 Å². The zero-order valence-electron chi connectivity index (χ0n) is 13.6. The van der Waals surface area contributed by atoms with Crippen LogP contribution in [0.2, 0.25) is 0 Å². The van der Waals surface area contributed by atoms with E-state index in [4.69, 9.17) is 0 Å². The number of rotatable bonds is 3. The summed E-state index contributed by atoms with van der Waals surface area (Å²) >= 11 is 0. The summed E-state index contributed by atoms with van der Waals surface area (Å²) in [7, 11) is 0. The van der Waals surface area contributed by atoms with Gasteiger partial charge >= 0.3 is 0 Å². The predicted molar refractivity (Wildman–Crippen MR) is 97.3 cm³/mol. The number of fused-ring (bicyclic) bond motifs is 1. The molecular formula is C22H22. The maximum atomic E-state index is 2.26. The van der Waals surface area contributed by atoms with Crippen LogP contribution in [0.3, 0.4) is 0 Å². The smallest absolute Gasteiger partial charge is 0.00880 e. The van der Waals surface area contributed by atoms with Crippen LogP contribution in [0.4, 0.5) is 0 Å². The fraction of sp³-hybridized carbons (Fsp3) is 0.182. The Kier molecular flexibility index (Phi) is 4.11. The maximum Gasteiger partial charge on any atom is -0.00880 e. The Morgan fingerprint density at radius 2 is 1.68 bits per heavy atom. The maximum absolute atomic E-state index is 2.26. The molecule has 3 aromatic carbocycles.